The van der Waals surface area contributed by atoms with E-state index in [1.165, 1.54) is 0 Å². The minimum atomic E-state index is 0. The van der Waals surface area contributed by atoms with Crippen molar-refractivity contribution in [1.82, 2.24) is 25.0 Å². The van der Waals surface area contributed by atoms with Crippen LogP contribution in [0.3, 0.4) is 0 Å². The highest BCUT2D eigenvalue weighted by Gasteiger charge is 2.32. The maximum atomic E-state index is 5.94. The van der Waals surface area contributed by atoms with Crippen molar-refractivity contribution in [3.8, 4) is 0 Å². The summed E-state index contributed by atoms with van der Waals surface area (Å²) in [4.78, 5) is 7.13. The largest absolute Gasteiger partial charge is 0.375 e. The van der Waals surface area contributed by atoms with Gasteiger partial charge in [0.2, 0.25) is 0 Å². The second-order valence-corrected chi connectivity index (χ2v) is 6.55. The monoisotopic (exact) mass is 478 g/mol. The third-order valence-corrected chi connectivity index (χ3v) is 4.66. The summed E-state index contributed by atoms with van der Waals surface area (Å²) < 4.78 is 13.7. The van der Waals surface area contributed by atoms with Gasteiger partial charge in [0.05, 0.1) is 12.7 Å². The number of hydrogen-bond acceptors (Lipinski definition) is 5. The van der Waals surface area contributed by atoms with Crippen molar-refractivity contribution in [1.29, 1.82) is 0 Å². The maximum Gasteiger partial charge on any atom is 0.194 e. The van der Waals surface area contributed by atoms with Crippen molar-refractivity contribution < 1.29 is 9.47 Å². The van der Waals surface area contributed by atoms with Crippen LogP contribution in [-0.4, -0.2) is 77.2 Å². The zero-order chi connectivity index (χ0) is 17.3. The van der Waals surface area contributed by atoms with Gasteiger partial charge in [0.25, 0.3) is 0 Å². The Balaban J connectivity index is 0.00000243. The molecular weight excluding hydrogens is 447 g/mol. The standard InChI is InChI=1S/C17H30N6O2.HI/c1-2-18-17(19-7-3-4-8-22-13-20-21-14-22)23-9-11-25-16(12-23)15-6-5-10-24-15;/h13-16H,2-12H2,1H3,(H,18,19);1H. The highest BCUT2D eigenvalue weighted by Crippen LogP contribution is 2.21. The first-order valence-corrected chi connectivity index (χ1v) is 9.45. The molecule has 0 saturated carbocycles. The fraction of sp³-hybridized carbons (Fsp3) is 0.824. The van der Waals surface area contributed by atoms with E-state index in [-0.39, 0.29) is 36.2 Å². The number of morpholine rings is 1. The Morgan fingerprint density at radius 3 is 2.73 bits per heavy atom. The van der Waals surface area contributed by atoms with E-state index >= 15 is 0 Å². The van der Waals surface area contributed by atoms with Gasteiger partial charge in [-0.25, -0.2) is 0 Å². The van der Waals surface area contributed by atoms with E-state index in [0.717, 1.165) is 77.6 Å². The fourth-order valence-electron chi connectivity index (χ4n) is 3.34. The van der Waals surface area contributed by atoms with Crippen LogP contribution >= 0.6 is 24.0 Å². The lowest BCUT2D eigenvalue weighted by Crippen LogP contribution is -2.53. The second kappa shape index (κ2) is 11.7. The molecule has 1 aromatic heterocycles. The molecule has 0 spiro atoms. The number of unbranched alkanes of at least 4 members (excludes halogenated alkanes) is 1. The third-order valence-electron chi connectivity index (χ3n) is 4.66. The van der Waals surface area contributed by atoms with Crippen molar-refractivity contribution in [2.45, 2.75) is 51.4 Å². The van der Waals surface area contributed by atoms with E-state index in [1.54, 1.807) is 12.7 Å². The quantitative estimate of drug-likeness (QED) is 0.277. The molecule has 3 heterocycles. The minimum absolute atomic E-state index is 0. The first kappa shape index (κ1) is 21.4. The van der Waals surface area contributed by atoms with Gasteiger partial charge in [0.15, 0.2) is 5.96 Å². The van der Waals surface area contributed by atoms with Crippen LogP contribution in [0.25, 0.3) is 0 Å². The van der Waals surface area contributed by atoms with Crippen LogP contribution in [0.1, 0.15) is 32.6 Å². The number of aromatic nitrogens is 3. The van der Waals surface area contributed by atoms with Crippen molar-refractivity contribution in [3.05, 3.63) is 12.7 Å². The van der Waals surface area contributed by atoms with Gasteiger partial charge in [-0.2, -0.15) is 0 Å². The molecular formula is C17H31IN6O2. The fourth-order valence-corrected chi connectivity index (χ4v) is 3.34. The lowest BCUT2D eigenvalue weighted by Gasteiger charge is -2.37. The molecule has 2 unspecified atom stereocenters. The van der Waals surface area contributed by atoms with Crippen molar-refractivity contribution in [3.63, 3.8) is 0 Å². The zero-order valence-corrected chi connectivity index (χ0v) is 17.9. The second-order valence-electron chi connectivity index (χ2n) is 6.55. The molecule has 148 valence electrons. The first-order valence-electron chi connectivity index (χ1n) is 9.45. The number of halogens is 1. The Bertz CT molecular complexity index is 521. The van der Waals surface area contributed by atoms with Crippen LogP contribution in [0.15, 0.2) is 17.6 Å². The maximum absolute atomic E-state index is 5.94. The number of aliphatic imine (C=N–C) groups is 1. The van der Waals surface area contributed by atoms with E-state index in [4.69, 9.17) is 14.5 Å². The van der Waals surface area contributed by atoms with E-state index in [0.29, 0.717) is 0 Å². The number of nitrogens with one attached hydrogen (secondary N) is 1. The van der Waals surface area contributed by atoms with Gasteiger partial charge in [-0.15, -0.1) is 34.2 Å². The summed E-state index contributed by atoms with van der Waals surface area (Å²) in [6.45, 7) is 8.10. The van der Waals surface area contributed by atoms with Crippen molar-refractivity contribution in [2.75, 3.05) is 39.4 Å². The summed E-state index contributed by atoms with van der Waals surface area (Å²) in [6, 6.07) is 0. The van der Waals surface area contributed by atoms with Crippen LogP contribution in [0.2, 0.25) is 0 Å². The average Bonchev–Trinajstić information content (AvgIpc) is 3.34. The summed E-state index contributed by atoms with van der Waals surface area (Å²) in [6.07, 6.45) is 8.29. The van der Waals surface area contributed by atoms with Gasteiger partial charge in [-0.3, -0.25) is 4.99 Å². The molecule has 1 aromatic rings. The van der Waals surface area contributed by atoms with Gasteiger partial charge in [-0.05, 0) is 32.6 Å². The topological polar surface area (TPSA) is 76.8 Å². The SMILES string of the molecule is CCNC(=NCCCCn1cnnc1)N1CCOC(C2CCCO2)C1.I. The molecule has 8 nitrogen and oxygen atoms in total. The van der Waals surface area contributed by atoms with E-state index in [1.807, 2.05) is 4.57 Å². The number of guanidine groups is 1. The van der Waals surface area contributed by atoms with Crippen LogP contribution in [-0.2, 0) is 16.0 Å². The third kappa shape index (κ3) is 6.34. The van der Waals surface area contributed by atoms with Crippen molar-refractivity contribution in [2.24, 2.45) is 4.99 Å². The van der Waals surface area contributed by atoms with Crippen molar-refractivity contribution >= 4 is 29.9 Å². The molecule has 1 N–H and O–H groups in total. The lowest BCUT2D eigenvalue weighted by atomic mass is 10.1. The summed E-state index contributed by atoms with van der Waals surface area (Å²) in [5.74, 6) is 0.998. The normalized spacial score (nSPS) is 23.7. The van der Waals surface area contributed by atoms with Gasteiger partial charge < -0.3 is 24.3 Å². The number of aryl methyl sites for hydroxylation is 1. The molecule has 0 amide bonds. The van der Waals surface area contributed by atoms with E-state index in [9.17, 15) is 0 Å². The molecule has 2 saturated heterocycles. The zero-order valence-electron chi connectivity index (χ0n) is 15.5. The summed E-state index contributed by atoms with van der Waals surface area (Å²) >= 11 is 0. The Labute approximate surface area is 172 Å². The number of nitrogens with zero attached hydrogens (tertiary/aromatic N) is 5. The molecule has 0 aliphatic carbocycles. The summed E-state index contributed by atoms with van der Waals surface area (Å²) in [7, 11) is 0. The predicted molar refractivity (Wildman–Crippen MR) is 111 cm³/mol. The predicted octanol–water partition coefficient (Wildman–Crippen LogP) is 1.52. The Kier molecular flexibility index (Phi) is 9.62. The molecule has 3 rings (SSSR count). The van der Waals surface area contributed by atoms with Crippen LogP contribution < -0.4 is 5.32 Å². The highest BCUT2D eigenvalue weighted by atomic mass is 127. The molecule has 26 heavy (non-hydrogen) atoms. The molecule has 2 aliphatic rings. The summed E-state index contributed by atoms with van der Waals surface area (Å²) in [5.41, 5.74) is 0. The smallest absolute Gasteiger partial charge is 0.194 e. The molecule has 0 bridgehead atoms. The Morgan fingerprint density at radius 1 is 1.19 bits per heavy atom. The van der Waals surface area contributed by atoms with E-state index < -0.39 is 0 Å². The molecule has 2 fully saturated rings. The van der Waals surface area contributed by atoms with Crippen LogP contribution in [0.5, 0.6) is 0 Å². The Hall–Kier alpha value is -0.940. The number of hydrogen-bond donors (Lipinski definition) is 1. The Morgan fingerprint density at radius 2 is 2.00 bits per heavy atom. The first-order chi connectivity index (χ1) is 12.4. The van der Waals surface area contributed by atoms with Crippen LogP contribution in [0, 0.1) is 0 Å². The molecule has 0 aromatic carbocycles. The number of rotatable bonds is 7. The van der Waals surface area contributed by atoms with E-state index in [2.05, 4.69) is 27.3 Å². The van der Waals surface area contributed by atoms with Gasteiger partial charge in [-0.1, -0.05) is 0 Å². The van der Waals surface area contributed by atoms with Gasteiger partial charge >= 0.3 is 0 Å². The molecule has 2 atom stereocenters. The van der Waals surface area contributed by atoms with Gasteiger partial charge in [0, 0.05) is 39.3 Å². The molecule has 9 heteroatoms. The lowest BCUT2D eigenvalue weighted by molar-refractivity contribution is -0.0817. The minimum Gasteiger partial charge on any atom is -0.375 e. The van der Waals surface area contributed by atoms with Crippen LogP contribution in [0.4, 0.5) is 0 Å². The number of ether oxygens (including phenoxy) is 2. The molecule has 2 aliphatic heterocycles. The summed E-state index contributed by atoms with van der Waals surface area (Å²) in [5, 5.41) is 11.1. The molecule has 0 radical (unpaired) electrons. The highest BCUT2D eigenvalue weighted by molar-refractivity contribution is 14.0. The average molecular weight is 478 g/mol. The van der Waals surface area contributed by atoms with Gasteiger partial charge in [0.1, 0.15) is 18.8 Å².